The second kappa shape index (κ2) is 6.56. The Morgan fingerprint density at radius 1 is 1.22 bits per heavy atom. The standard InChI is InChI=1S/C17H17N3O3/c1-3-22-17(21)14-11(2)23-16-15(14)13(19-10-20-16)8-7-12-6-4-5-9-18-12/h4-6,9-10H,3,7-8H2,1-2H3. The highest BCUT2D eigenvalue weighted by atomic mass is 16.5. The van der Waals surface area contributed by atoms with Crippen molar-refractivity contribution in [1.82, 2.24) is 15.0 Å². The number of aromatic nitrogens is 3. The highest BCUT2D eigenvalue weighted by Crippen LogP contribution is 2.27. The molecule has 6 heteroatoms. The summed E-state index contributed by atoms with van der Waals surface area (Å²) in [5.41, 5.74) is 2.56. The minimum absolute atomic E-state index is 0.307. The van der Waals surface area contributed by atoms with Crippen molar-refractivity contribution in [2.45, 2.75) is 26.7 Å². The zero-order chi connectivity index (χ0) is 16.2. The predicted octanol–water partition coefficient (Wildman–Crippen LogP) is 2.89. The van der Waals surface area contributed by atoms with Gasteiger partial charge in [-0.2, -0.15) is 0 Å². The van der Waals surface area contributed by atoms with Crippen LogP contribution in [0, 0.1) is 6.92 Å². The van der Waals surface area contributed by atoms with Gasteiger partial charge in [-0.05, 0) is 38.8 Å². The molecule has 0 amide bonds. The molecule has 118 valence electrons. The zero-order valence-corrected chi connectivity index (χ0v) is 13.1. The number of aryl methyl sites for hydroxylation is 3. The van der Waals surface area contributed by atoms with Crippen molar-refractivity contribution in [3.8, 4) is 0 Å². The SMILES string of the molecule is CCOC(=O)c1c(C)oc2ncnc(CCc3ccccn3)c12. The largest absolute Gasteiger partial charge is 0.462 e. The quantitative estimate of drug-likeness (QED) is 0.674. The van der Waals surface area contributed by atoms with E-state index in [0.29, 0.717) is 35.5 Å². The Hall–Kier alpha value is -2.76. The first kappa shape index (κ1) is 15.1. The van der Waals surface area contributed by atoms with E-state index >= 15 is 0 Å². The lowest BCUT2D eigenvalue weighted by molar-refractivity contribution is 0.0526. The summed E-state index contributed by atoms with van der Waals surface area (Å²) < 4.78 is 10.7. The van der Waals surface area contributed by atoms with Gasteiger partial charge in [0.05, 0.1) is 17.7 Å². The Labute approximate surface area is 133 Å². The first-order chi connectivity index (χ1) is 11.2. The number of ether oxygens (including phenoxy) is 1. The Bertz CT molecular complexity index is 828. The van der Waals surface area contributed by atoms with Gasteiger partial charge in [-0.1, -0.05) is 6.07 Å². The van der Waals surface area contributed by atoms with Crippen LogP contribution in [0.15, 0.2) is 35.1 Å². The zero-order valence-electron chi connectivity index (χ0n) is 13.1. The Morgan fingerprint density at radius 3 is 2.83 bits per heavy atom. The van der Waals surface area contributed by atoms with Crippen LogP contribution >= 0.6 is 0 Å². The molecule has 3 heterocycles. The van der Waals surface area contributed by atoms with Gasteiger partial charge in [-0.25, -0.2) is 14.8 Å². The molecule has 0 unspecified atom stereocenters. The molecule has 0 atom stereocenters. The second-order valence-corrected chi connectivity index (χ2v) is 5.08. The third-order valence-electron chi connectivity index (χ3n) is 3.57. The summed E-state index contributed by atoms with van der Waals surface area (Å²) in [7, 11) is 0. The normalized spacial score (nSPS) is 10.9. The van der Waals surface area contributed by atoms with Crippen LogP contribution in [-0.4, -0.2) is 27.5 Å². The van der Waals surface area contributed by atoms with Gasteiger partial charge in [0.15, 0.2) is 0 Å². The first-order valence-corrected chi connectivity index (χ1v) is 7.50. The Morgan fingerprint density at radius 2 is 2.09 bits per heavy atom. The van der Waals surface area contributed by atoms with Crippen LogP contribution in [0.2, 0.25) is 0 Å². The third-order valence-corrected chi connectivity index (χ3v) is 3.57. The predicted molar refractivity (Wildman–Crippen MR) is 84.1 cm³/mol. The molecule has 3 aromatic rings. The summed E-state index contributed by atoms with van der Waals surface area (Å²) >= 11 is 0. The molecule has 0 aromatic carbocycles. The van der Waals surface area contributed by atoms with E-state index in [-0.39, 0.29) is 0 Å². The molecule has 0 saturated carbocycles. The van der Waals surface area contributed by atoms with Gasteiger partial charge in [0.1, 0.15) is 17.7 Å². The summed E-state index contributed by atoms with van der Waals surface area (Å²) in [6, 6.07) is 5.79. The molecule has 0 aliphatic carbocycles. The van der Waals surface area contributed by atoms with Crippen LogP contribution in [0.3, 0.4) is 0 Å². The van der Waals surface area contributed by atoms with E-state index in [4.69, 9.17) is 9.15 Å². The number of furan rings is 1. The molecule has 3 aromatic heterocycles. The molecule has 3 rings (SSSR count). The van der Waals surface area contributed by atoms with Gasteiger partial charge in [0, 0.05) is 11.9 Å². The number of hydrogen-bond acceptors (Lipinski definition) is 6. The minimum atomic E-state index is -0.405. The van der Waals surface area contributed by atoms with Gasteiger partial charge in [-0.3, -0.25) is 4.98 Å². The molecule has 23 heavy (non-hydrogen) atoms. The number of pyridine rings is 1. The van der Waals surface area contributed by atoms with Gasteiger partial charge in [-0.15, -0.1) is 0 Å². The van der Waals surface area contributed by atoms with Crippen molar-refractivity contribution in [2.75, 3.05) is 6.61 Å². The Balaban J connectivity index is 1.98. The van der Waals surface area contributed by atoms with Crippen LogP contribution in [0.4, 0.5) is 0 Å². The molecule has 0 aliphatic rings. The summed E-state index contributed by atoms with van der Waals surface area (Å²) in [4.78, 5) is 25.0. The molecule has 0 saturated heterocycles. The lowest BCUT2D eigenvalue weighted by Crippen LogP contribution is -2.07. The molecule has 0 fully saturated rings. The van der Waals surface area contributed by atoms with E-state index in [1.54, 1.807) is 20.0 Å². The first-order valence-electron chi connectivity index (χ1n) is 7.50. The minimum Gasteiger partial charge on any atom is -0.462 e. The lowest BCUT2D eigenvalue weighted by atomic mass is 10.1. The average Bonchev–Trinajstić information content (AvgIpc) is 2.90. The summed E-state index contributed by atoms with van der Waals surface area (Å²) in [6.45, 7) is 3.81. The molecule has 0 aliphatic heterocycles. The van der Waals surface area contributed by atoms with Crippen LogP contribution in [-0.2, 0) is 17.6 Å². The number of esters is 1. The van der Waals surface area contributed by atoms with E-state index in [1.807, 2.05) is 18.2 Å². The van der Waals surface area contributed by atoms with Crippen molar-refractivity contribution >= 4 is 17.1 Å². The second-order valence-electron chi connectivity index (χ2n) is 5.08. The summed E-state index contributed by atoms with van der Waals surface area (Å²) in [6.07, 6.45) is 4.58. The number of fused-ring (bicyclic) bond motifs is 1. The van der Waals surface area contributed by atoms with E-state index in [9.17, 15) is 4.79 Å². The molecular weight excluding hydrogens is 294 g/mol. The fourth-order valence-corrected chi connectivity index (χ4v) is 2.54. The van der Waals surface area contributed by atoms with Crippen LogP contribution in [0.5, 0.6) is 0 Å². The summed E-state index contributed by atoms with van der Waals surface area (Å²) in [5.74, 6) is 0.0932. The molecule has 0 radical (unpaired) electrons. The molecular formula is C17H17N3O3. The average molecular weight is 311 g/mol. The van der Waals surface area contributed by atoms with E-state index in [2.05, 4.69) is 15.0 Å². The van der Waals surface area contributed by atoms with Gasteiger partial charge in [0.25, 0.3) is 0 Å². The number of carbonyl (C=O) groups is 1. The highest BCUT2D eigenvalue weighted by molar-refractivity contribution is 6.04. The van der Waals surface area contributed by atoms with E-state index < -0.39 is 5.97 Å². The molecule has 0 N–H and O–H groups in total. The maximum atomic E-state index is 12.2. The maximum absolute atomic E-state index is 12.2. The molecule has 6 nitrogen and oxygen atoms in total. The number of rotatable bonds is 5. The lowest BCUT2D eigenvalue weighted by Gasteiger charge is -2.04. The fourth-order valence-electron chi connectivity index (χ4n) is 2.54. The van der Waals surface area contributed by atoms with Crippen molar-refractivity contribution in [1.29, 1.82) is 0 Å². The van der Waals surface area contributed by atoms with Crippen molar-refractivity contribution < 1.29 is 13.9 Å². The van der Waals surface area contributed by atoms with Crippen molar-refractivity contribution in [3.63, 3.8) is 0 Å². The molecule has 0 spiro atoms. The van der Waals surface area contributed by atoms with Gasteiger partial charge >= 0.3 is 5.97 Å². The number of hydrogen-bond donors (Lipinski definition) is 0. The third kappa shape index (κ3) is 3.06. The van der Waals surface area contributed by atoms with Crippen LogP contribution in [0.25, 0.3) is 11.1 Å². The summed E-state index contributed by atoms with van der Waals surface area (Å²) in [5, 5.41) is 0.638. The number of carbonyl (C=O) groups excluding carboxylic acids is 1. The molecule has 0 bridgehead atoms. The van der Waals surface area contributed by atoms with Gasteiger partial charge in [0.2, 0.25) is 5.71 Å². The van der Waals surface area contributed by atoms with Gasteiger partial charge < -0.3 is 9.15 Å². The van der Waals surface area contributed by atoms with Crippen LogP contribution < -0.4 is 0 Å². The monoisotopic (exact) mass is 311 g/mol. The van der Waals surface area contributed by atoms with E-state index in [0.717, 1.165) is 17.8 Å². The fraction of sp³-hybridized carbons (Fsp3) is 0.294. The van der Waals surface area contributed by atoms with E-state index in [1.165, 1.54) is 6.33 Å². The van der Waals surface area contributed by atoms with Crippen LogP contribution in [0.1, 0.15) is 34.4 Å². The van der Waals surface area contributed by atoms with Crippen molar-refractivity contribution in [2.24, 2.45) is 0 Å². The topological polar surface area (TPSA) is 78.1 Å². The highest BCUT2D eigenvalue weighted by Gasteiger charge is 2.23. The smallest absolute Gasteiger partial charge is 0.342 e. The number of nitrogens with zero attached hydrogens (tertiary/aromatic N) is 3. The Kier molecular flexibility index (Phi) is 4.32. The van der Waals surface area contributed by atoms with Crippen molar-refractivity contribution in [3.05, 3.63) is 53.4 Å². The maximum Gasteiger partial charge on any atom is 0.342 e.